The van der Waals surface area contributed by atoms with Crippen LogP contribution in [-0.4, -0.2) is 5.38 Å². The minimum absolute atomic E-state index is 0.434. The van der Waals surface area contributed by atoms with Crippen LogP contribution in [0.3, 0.4) is 0 Å². The largest absolute Gasteiger partial charge is 0.123 e. The van der Waals surface area contributed by atoms with E-state index in [4.69, 9.17) is 11.6 Å². The molecule has 0 unspecified atom stereocenters. The van der Waals surface area contributed by atoms with Crippen LogP contribution in [0, 0.1) is 17.3 Å². The average Bonchev–Trinajstić information content (AvgIpc) is 1.92. The molecule has 0 N–H and O–H groups in total. The summed E-state index contributed by atoms with van der Waals surface area (Å²) in [6, 6.07) is 0. The van der Waals surface area contributed by atoms with Crippen LogP contribution in [0.25, 0.3) is 0 Å². The van der Waals surface area contributed by atoms with Crippen molar-refractivity contribution in [1.29, 1.82) is 0 Å². The summed E-state index contributed by atoms with van der Waals surface area (Å²) in [5.41, 5.74) is 0.477. The molecular formula is C11H21Cl. The molecule has 1 aliphatic rings. The number of hydrogen-bond donors (Lipinski definition) is 0. The Hall–Kier alpha value is 0.290. The zero-order valence-corrected chi connectivity index (χ0v) is 9.49. The van der Waals surface area contributed by atoms with Gasteiger partial charge in [0.25, 0.3) is 0 Å². The molecule has 72 valence electrons. The van der Waals surface area contributed by atoms with E-state index < -0.39 is 0 Å². The van der Waals surface area contributed by atoms with Gasteiger partial charge in [-0.1, -0.05) is 27.7 Å². The highest BCUT2D eigenvalue weighted by Crippen LogP contribution is 2.41. The summed E-state index contributed by atoms with van der Waals surface area (Å²) in [7, 11) is 0. The van der Waals surface area contributed by atoms with Crippen molar-refractivity contribution in [2.24, 2.45) is 17.3 Å². The topological polar surface area (TPSA) is 0 Å². The third-order valence-corrected chi connectivity index (χ3v) is 3.94. The Labute approximate surface area is 81.7 Å². The molecule has 0 aliphatic heterocycles. The van der Waals surface area contributed by atoms with E-state index >= 15 is 0 Å². The average molecular weight is 189 g/mol. The van der Waals surface area contributed by atoms with E-state index in [9.17, 15) is 0 Å². The van der Waals surface area contributed by atoms with Crippen molar-refractivity contribution in [3.05, 3.63) is 0 Å². The fourth-order valence-corrected chi connectivity index (χ4v) is 2.37. The smallest absolute Gasteiger partial charge is 0.0361 e. The molecule has 0 aromatic carbocycles. The van der Waals surface area contributed by atoms with Gasteiger partial charge in [-0.05, 0) is 36.5 Å². The van der Waals surface area contributed by atoms with Crippen molar-refractivity contribution in [1.82, 2.24) is 0 Å². The molecule has 0 aromatic heterocycles. The summed E-state index contributed by atoms with van der Waals surface area (Å²) >= 11 is 6.18. The lowest BCUT2D eigenvalue weighted by Crippen LogP contribution is -2.30. The molecule has 0 aromatic rings. The van der Waals surface area contributed by atoms with E-state index in [1.807, 2.05) is 0 Å². The van der Waals surface area contributed by atoms with Gasteiger partial charge in [0.1, 0.15) is 0 Å². The first kappa shape index (κ1) is 10.4. The summed E-state index contributed by atoms with van der Waals surface area (Å²) < 4.78 is 0. The van der Waals surface area contributed by atoms with Gasteiger partial charge in [0.05, 0.1) is 0 Å². The fraction of sp³-hybridized carbons (Fsp3) is 1.00. The Balaban J connectivity index is 2.51. The number of rotatable bonds is 0. The van der Waals surface area contributed by atoms with Gasteiger partial charge in [0.2, 0.25) is 0 Å². The molecule has 3 atom stereocenters. The van der Waals surface area contributed by atoms with E-state index in [-0.39, 0.29) is 0 Å². The van der Waals surface area contributed by atoms with Crippen LogP contribution >= 0.6 is 11.6 Å². The van der Waals surface area contributed by atoms with Gasteiger partial charge < -0.3 is 0 Å². The molecule has 1 heteroatoms. The summed E-state index contributed by atoms with van der Waals surface area (Å²) in [5, 5.41) is 0.434. The first-order valence-corrected chi connectivity index (χ1v) is 5.49. The van der Waals surface area contributed by atoms with E-state index in [2.05, 4.69) is 27.7 Å². The molecule has 0 bridgehead atoms. The van der Waals surface area contributed by atoms with Gasteiger partial charge >= 0.3 is 0 Å². The number of alkyl halides is 1. The second kappa shape index (κ2) is 3.57. The molecule has 1 aliphatic carbocycles. The Kier molecular flexibility index (Phi) is 3.09. The highest BCUT2D eigenvalue weighted by atomic mass is 35.5. The zero-order valence-electron chi connectivity index (χ0n) is 8.73. The van der Waals surface area contributed by atoms with Crippen LogP contribution in [0.1, 0.15) is 47.0 Å². The minimum atomic E-state index is 0.434. The van der Waals surface area contributed by atoms with Crippen LogP contribution in [0.2, 0.25) is 0 Å². The van der Waals surface area contributed by atoms with Crippen LogP contribution in [-0.2, 0) is 0 Å². The normalized spacial score (nSPS) is 38.2. The molecule has 0 amide bonds. The highest BCUT2D eigenvalue weighted by molar-refractivity contribution is 6.20. The van der Waals surface area contributed by atoms with Crippen LogP contribution in [0.15, 0.2) is 0 Å². The third kappa shape index (κ3) is 2.39. The minimum Gasteiger partial charge on any atom is -0.123 e. The van der Waals surface area contributed by atoms with Gasteiger partial charge in [-0.25, -0.2) is 0 Å². The molecule has 1 rings (SSSR count). The maximum atomic E-state index is 6.18. The summed E-state index contributed by atoms with van der Waals surface area (Å²) in [6.07, 6.45) is 3.85. The van der Waals surface area contributed by atoms with Crippen molar-refractivity contribution >= 4 is 11.6 Å². The Morgan fingerprint density at radius 3 is 2.17 bits per heavy atom. The van der Waals surface area contributed by atoms with Crippen molar-refractivity contribution < 1.29 is 0 Å². The SMILES string of the molecule is C[C@@H]1C[C@H](C(C)(C)C)CC[C@H]1Cl. The molecular weight excluding hydrogens is 168 g/mol. The summed E-state index contributed by atoms with van der Waals surface area (Å²) in [4.78, 5) is 0. The van der Waals surface area contributed by atoms with E-state index in [1.165, 1.54) is 19.3 Å². The maximum Gasteiger partial charge on any atom is 0.0361 e. The predicted molar refractivity (Wildman–Crippen MR) is 55.6 cm³/mol. The second-order valence-corrected chi connectivity index (χ2v) is 5.93. The van der Waals surface area contributed by atoms with Crippen molar-refractivity contribution in [3.63, 3.8) is 0 Å². The molecule has 0 nitrogen and oxygen atoms in total. The molecule has 0 radical (unpaired) electrons. The lowest BCUT2D eigenvalue weighted by molar-refractivity contribution is 0.151. The maximum absolute atomic E-state index is 6.18. The molecule has 1 fully saturated rings. The molecule has 0 saturated heterocycles. The molecule has 12 heavy (non-hydrogen) atoms. The lowest BCUT2D eigenvalue weighted by Gasteiger charge is -2.38. The molecule has 0 heterocycles. The van der Waals surface area contributed by atoms with Crippen LogP contribution < -0.4 is 0 Å². The Bertz CT molecular complexity index is 146. The molecule has 1 saturated carbocycles. The second-order valence-electron chi connectivity index (χ2n) is 5.37. The monoisotopic (exact) mass is 188 g/mol. The van der Waals surface area contributed by atoms with Crippen LogP contribution in [0.4, 0.5) is 0 Å². The first-order valence-electron chi connectivity index (χ1n) is 5.05. The molecule has 0 spiro atoms. The summed E-state index contributed by atoms with van der Waals surface area (Å²) in [5.74, 6) is 1.59. The van der Waals surface area contributed by atoms with Crippen molar-refractivity contribution in [2.75, 3.05) is 0 Å². The van der Waals surface area contributed by atoms with Gasteiger partial charge in [-0.15, -0.1) is 11.6 Å². The Morgan fingerprint density at radius 1 is 1.17 bits per heavy atom. The number of halogens is 1. The summed E-state index contributed by atoms with van der Waals surface area (Å²) in [6.45, 7) is 9.33. The van der Waals surface area contributed by atoms with Crippen LogP contribution in [0.5, 0.6) is 0 Å². The first-order chi connectivity index (χ1) is 5.41. The van der Waals surface area contributed by atoms with Gasteiger partial charge in [0.15, 0.2) is 0 Å². The zero-order chi connectivity index (χ0) is 9.35. The van der Waals surface area contributed by atoms with Gasteiger partial charge in [0, 0.05) is 5.38 Å². The quantitative estimate of drug-likeness (QED) is 0.503. The van der Waals surface area contributed by atoms with E-state index in [0.717, 1.165) is 5.92 Å². The fourth-order valence-electron chi connectivity index (χ4n) is 2.15. The van der Waals surface area contributed by atoms with Crippen molar-refractivity contribution in [3.8, 4) is 0 Å². The third-order valence-electron chi connectivity index (χ3n) is 3.29. The lowest BCUT2D eigenvalue weighted by atomic mass is 9.69. The Morgan fingerprint density at radius 2 is 1.75 bits per heavy atom. The van der Waals surface area contributed by atoms with Gasteiger partial charge in [-0.3, -0.25) is 0 Å². The van der Waals surface area contributed by atoms with Gasteiger partial charge in [-0.2, -0.15) is 0 Å². The van der Waals surface area contributed by atoms with E-state index in [0.29, 0.717) is 16.7 Å². The number of hydrogen-bond acceptors (Lipinski definition) is 0. The highest BCUT2D eigenvalue weighted by Gasteiger charge is 2.32. The van der Waals surface area contributed by atoms with E-state index in [1.54, 1.807) is 0 Å². The predicted octanol–water partition coefficient (Wildman–Crippen LogP) is 4.08. The standard InChI is InChI=1S/C11H21Cl/c1-8-7-9(11(2,3)4)5-6-10(8)12/h8-10H,5-7H2,1-4H3/t8-,9-,10-/m1/s1. The van der Waals surface area contributed by atoms with Crippen molar-refractivity contribution in [2.45, 2.75) is 52.3 Å².